The Hall–Kier alpha value is -0.960. The van der Waals surface area contributed by atoms with E-state index in [1.165, 1.54) is 19.4 Å². The molecular weight excluding hydrogens is 166 g/mol. The van der Waals surface area contributed by atoms with Crippen LogP contribution in [0.4, 0.5) is 0 Å². The second-order valence-corrected chi connectivity index (χ2v) is 2.49. The smallest absolute Gasteiger partial charge is 0.212 e. The van der Waals surface area contributed by atoms with Crippen LogP contribution in [0.15, 0.2) is 12.3 Å². The zero-order chi connectivity index (χ0) is 8.43. The van der Waals surface area contributed by atoms with Crippen LogP contribution in [0.5, 0.6) is 5.75 Å². The third kappa shape index (κ3) is 1.38. The van der Waals surface area contributed by atoms with E-state index in [1.807, 2.05) is 0 Å². The van der Waals surface area contributed by atoms with E-state index in [4.69, 9.17) is 16.3 Å². The highest BCUT2D eigenvalue weighted by Crippen LogP contribution is 2.23. The van der Waals surface area contributed by atoms with E-state index in [1.54, 1.807) is 6.92 Å². The van der Waals surface area contributed by atoms with Gasteiger partial charge in [-0.1, -0.05) is 11.6 Å². The van der Waals surface area contributed by atoms with Crippen LogP contribution in [0.2, 0.25) is 5.02 Å². The largest absolute Gasteiger partial charge is 0.618 e. The maximum absolute atomic E-state index is 10.9. The van der Waals surface area contributed by atoms with Crippen LogP contribution >= 0.6 is 11.6 Å². The summed E-state index contributed by atoms with van der Waals surface area (Å²) < 4.78 is 5.60. The monoisotopic (exact) mass is 173 g/mol. The second kappa shape index (κ2) is 2.96. The number of halogens is 1. The Morgan fingerprint density at radius 2 is 2.27 bits per heavy atom. The van der Waals surface area contributed by atoms with E-state index in [0.29, 0.717) is 21.2 Å². The van der Waals surface area contributed by atoms with Gasteiger partial charge in [-0.2, -0.15) is 4.73 Å². The second-order valence-electron chi connectivity index (χ2n) is 2.11. The molecule has 1 rings (SSSR count). The summed E-state index contributed by atoms with van der Waals surface area (Å²) in [6, 6.07) is 1.53. The Morgan fingerprint density at radius 1 is 1.64 bits per heavy atom. The lowest BCUT2D eigenvalue weighted by atomic mass is 10.3. The fourth-order valence-corrected chi connectivity index (χ4v) is 0.976. The first-order valence-electron chi connectivity index (χ1n) is 3.09. The van der Waals surface area contributed by atoms with E-state index in [-0.39, 0.29) is 0 Å². The molecule has 1 aromatic rings. The summed E-state index contributed by atoms with van der Waals surface area (Å²) in [7, 11) is 1.51. The molecule has 1 aromatic heterocycles. The standard InChI is InChI=1S/C7H8ClNO2/c1-5-7(8)6(11-2)3-4-9(5)10/h3-4H,1-2H3. The lowest BCUT2D eigenvalue weighted by Crippen LogP contribution is -2.29. The molecule has 0 saturated heterocycles. The highest BCUT2D eigenvalue weighted by molar-refractivity contribution is 6.32. The summed E-state index contributed by atoms with van der Waals surface area (Å²) in [6.45, 7) is 1.64. The minimum Gasteiger partial charge on any atom is -0.618 e. The Balaban J connectivity index is 3.25. The van der Waals surface area contributed by atoms with Crippen LogP contribution in [0.25, 0.3) is 0 Å². The van der Waals surface area contributed by atoms with Crippen molar-refractivity contribution >= 4 is 11.6 Å². The van der Waals surface area contributed by atoms with Gasteiger partial charge in [0.1, 0.15) is 5.75 Å². The van der Waals surface area contributed by atoms with Crippen LogP contribution < -0.4 is 9.47 Å². The lowest BCUT2D eigenvalue weighted by Gasteiger charge is -2.05. The minimum atomic E-state index is 0.366. The highest BCUT2D eigenvalue weighted by Gasteiger charge is 2.10. The molecule has 0 saturated carbocycles. The molecule has 0 bridgehead atoms. The number of nitrogens with zero attached hydrogens (tertiary/aromatic N) is 1. The Kier molecular flexibility index (Phi) is 2.19. The van der Waals surface area contributed by atoms with E-state index < -0.39 is 0 Å². The van der Waals surface area contributed by atoms with Gasteiger partial charge in [-0.3, -0.25) is 0 Å². The highest BCUT2D eigenvalue weighted by atomic mass is 35.5. The van der Waals surface area contributed by atoms with E-state index in [2.05, 4.69) is 0 Å². The molecule has 0 fully saturated rings. The predicted octanol–water partition coefficient (Wildman–Crippen LogP) is 1.29. The number of hydrogen-bond donors (Lipinski definition) is 0. The third-order valence-electron chi connectivity index (χ3n) is 1.45. The number of ether oxygens (including phenoxy) is 1. The molecule has 0 aliphatic carbocycles. The summed E-state index contributed by atoms with van der Waals surface area (Å²) >= 11 is 5.75. The fourth-order valence-electron chi connectivity index (χ4n) is 0.753. The van der Waals surface area contributed by atoms with Gasteiger partial charge < -0.3 is 9.94 Å². The average Bonchev–Trinajstić information content (AvgIpc) is 2.01. The van der Waals surface area contributed by atoms with Crippen LogP contribution in [0, 0.1) is 12.1 Å². The first-order valence-corrected chi connectivity index (χ1v) is 3.47. The van der Waals surface area contributed by atoms with Crippen molar-refractivity contribution in [2.24, 2.45) is 0 Å². The summed E-state index contributed by atoms with van der Waals surface area (Å²) in [5, 5.41) is 11.3. The normalized spacial score (nSPS) is 9.73. The predicted molar refractivity (Wildman–Crippen MR) is 41.7 cm³/mol. The molecule has 0 aromatic carbocycles. The maximum Gasteiger partial charge on any atom is 0.212 e. The summed E-state index contributed by atoms with van der Waals surface area (Å²) in [5.74, 6) is 0.524. The van der Waals surface area contributed by atoms with Gasteiger partial charge in [-0.15, -0.1) is 0 Å². The molecule has 0 amide bonds. The fraction of sp³-hybridized carbons (Fsp3) is 0.286. The Morgan fingerprint density at radius 3 is 2.82 bits per heavy atom. The molecule has 0 aliphatic heterocycles. The van der Waals surface area contributed by atoms with Crippen molar-refractivity contribution in [3.8, 4) is 5.75 Å². The first-order chi connectivity index (χ1) is 5.16. The Bertz CT molecular complexity index is 275. The molecule has 4 heteroatoms. The van der Waals surface area contributed by atoms with Crippen molar-refractivity contribution in [2.75, 3.05) is 7.11 Å². The van der Waals surface area contributed by atoms with Gasteiger partial charge in [-0.25, -0.2) is 0 Å². The van der Waals surface area contributed by atoms with Crippen molar-refractivity contribution in [2.45, 2.75) is 6.92 Å². The molecule has 0 N–H and O–H groups in total. The van der Waals surface area contributed by atoms with Gasteiger partial charge in [0.25, 0.3) is 0 Å². The molecule has 0 unspecified atom stereocenters. The molecule has 0 spiro atoms. The first kappa shape index (κ1) is 8.14. The van der Waals surface area contributed by atoms with E-state index in [9.17, 15) is 5.21 Å². The van der Waals surface area contributed by atoms with Crippen LogP contribution in [-0.2, 0) is 0 Å². The summed E-state index contributed by atoms with van der Waals surface area (Å²) in [5.41, 5.74) is 0.450. The number of methoxy groups -OCH3 is 1. The Labute approximate surface area is 69.8 Å². The molecular formula is C7H8ClNO2. The van der Waals surface area contributed by atoms with E-state index >= 15 is 0 Å². The number of pyridine rings is 1. The minimum absolute atomic E-state index is 0.366. The molecule has 1 heterocycles. The third-order valence-corrected chi connectivity index (χ3v) is 1.91. The van der Waals surface area contributed by atoms with Crippen molar-refractivity contribution in [1.29, 1.82) is 0 Å². The number of hydrogen-bond acceptors (Lipinski definition) is 2. The van der Waals surface area contributed by atoms with Gasteiger partial charge >= 0.3 is 0 Å². The van der Waals surface area contributed by atoms with Crippen molar-refractivity contribution in [3.63, 3.8) is 0 Å². The van der Waals surface area contributed by atoms with E-state index in [0.717, 1.165) is 0 Å². The lowest BCUT2D eigenvalue weighted by molar-refractivity contribution is -0.612. The molecule has 0 atom stereocenters. The van der Waals surface area contributed by atoms with Crippen LogP contribution in [0.3, 0.4) is 0 Å². The quantitative estimate of drug-likeness (QED) is 0.474. The number of aromatic nitrogens is 1. The van der Waals surface area contributed by atoms with Gasteiger partial charge in [0.05, 0.1) is 7.11 Å². The van der Waals surface area contributed by atoms with Gasteiger partial charge in [0, 0.05) is 13.0 Å². The maximum atomic E-state index is 10.9. The zero-order valence-corrected chi connectivity index (χ0v) is 7.05. The summed E-state index contributed by atoms with van der Waals surface area (Å²) in [4.78, 5) is 0. The topological polar surface area (TPSA) is 36.2 Å². The van der Waals surface area contributed by atoms with Crippen molar-refractivity contribution in [1.82, 2.24) is 0 Å². The molecule has 3 nitrogen and oxygen atoms in total. The van der Waals surface area contributed by atoms with Crippen LogP contribution in [-0.4, -0.2) is 7.11 Å². The van der Waals surface area contributed by atoms with Crippen molar-refractivity contribution in [3.05, 3.63) is 28.2 Å². The molecule has 0 radical (unpaired) electrons. The number of rotatable bonds is 1. The molecule has 60 valence electrons. The summed E-state index contributed by atoms with van der Waals surface area (Å²) in [6.07, 6.45) is 1.36. The van der Waals surface area contributed by atoms with Gasteiger partial charge in [-0.05, 0) is 0 Å². The van der Waals surface area contributed by atoms with Crippen LogP contribution in [0.1, 0.15) is 5.69 Å². The van der Waals surface area contributed by atoms with Gasteiger partial charge in [0.15, 0.2) is 11.2 Å². The molecule has 0 aliphatic rings. The average molecular weight is 174 g/mol. The van der Waals surface area contributed by atoms with Gasteiger partial charge in [0.2, 0.25) is 5.69 Å². The zero-order valence-electron chi connectivity index (χ0n) is 6.30. The SMILES string of the molecule is COc1cc[n+]([O-])c(C)c1Cl. The molecule has 11 heavy (non-hydrogen) atoms. The van der Waals surface area contributed by atoms with Crippen molar-refractivity contribution < 1.29 is 9.47 Å².